The summed E-state index contributed by atoms with van der Waals surface area (Å²) < 4.78 is 1.62. The molecule has 0 aliphatic rings. The third-order valence-electron chi connectivity index (χ3n) is 2.07. The predicted octanol–water partition coefficient (Wildman–Crippen LogP) is 2.33. The van der Waals surface area contributed by atoms with Gasteiger partial charge in [-0.1, -0.05) is 11.6 Å². The van der Waals surface area contributed by atoms with Gasteiger partial charge in [-0.25, -0.2) is 0 Å². The van der Waals surface area contributed by atoms with Crippen molar-refractivity contribution in [1.29, 1.82) is 0 Å². The van der Waals surface area contributed by atoms with Gasteiger partial charge in [-0.05, 0) is 24.3 Å². The number of nitrogens with zero attached hydrogens (tertiary/aromatic N) is 2. The van der Waals surface area contributed by atoms with Crippen LogP contribution < -0.4 is 5.32 Å². The summed E-state index contributed by atoms with van der Waals surface area (Å²) in [7, 11) is 1.79. The highest BCUT2D eigenvalue weighted by Crippen LogP contribution is 2.11. The molecule has 0 aliphatic carbocycles. The normalized spacial score (nSPS) is 10.1. The second kappa shape index (κ2) is 4.37. The molecule has 4 nitrogen and oxygen atoms in total. The maximum Gasteiger partial charge on any atom is 0.255 e. The predicted molar refractivity (Wildman–Crippen MR) is 62.6 cm³/mol. The fourth-order valence-corrected chi connectivity index (χ4v) is 1.42. The Morgan fingerprint density at radius 3 is 2.62 bits per heavy atom. The van der Waals surface area contributed by atoms with Crippen molar-refractivity contribution in [3.8, 4) is 0 Å². The number of amides is 1. The van der Waals surface area contributed by atoms with Crippen LogP contribution in [0.2, 0.25) is 5.02 Å². The van der Waals surface area contributed by atoms with Gasteiger partial charge in [0.05, 0.1) is 11.9 Å². The lowest BCUT2D eigenvalue weighted by molar-refractivity contribution is 0.102. The zero-order valence-electron chi connectivity index (χ0n) is 8.64. The summed E-state index contributed by atoms with van der Waals surface area (Å²) in [5.41, 5.74) is 1.23. The van der Waals surface area contributed by atoms with Gasteiger partial charge in [-0.3, -0.25) is 9.48 Å². The second-order valence-electron chi connectivity index (χ2n) is 3.36. The minimum atomic E-state index is -0.176. The first-order valence-electron chi connectivity index (χ1n) is 4.71. The van der Waals surface area contributed by atoms with Crippen LogP contribution in [0.5, 0.6) is 0 Å². The summed E-state index contributed by atoms with van der Waals surface area (Å²) >= 11 is 5.73. The van der Waals surface area contributed by atoms with E-state index in [1.807, 2.05) is 0 Å². The molecule has 0 atom stereocenters. The number of aromatic nitrogens is 2. The SMILES string of the molecule is Cn1cc(NC(=O)c2ccc(Cl)cc2)cn1. The van der Waals surface area contributed by atoms with Crippen LogP contribution in [-0.4, -0.2) is 15.7 Å². The minimum absolute atomic E-state index is 0.176. The number of nitrogens with one attached hydrogen (secondary N) is 1. The van der Waals surface area contributed by atoms with E-state index < -0.39 is 0 Å². The molecule has 16 heavy (non-hydrogen) atoms. The lowest BCUT2D eigenvalue weighted by atomic mass is 10.2. The van der Waals surface area contributed by atoms with Gasteiger partial charge >= 0.3 is 0 Å². The molecular formula is C11H10ClN3O. The molecule has 1 aromatic carbocycles. The molecule has 0 saturated carbocycles. The van der Waals surface area contributed by atoms with E-state index in [0.717, 1.165) is 0 Å². The average molecular weight is 236 g/mol. The van der Waals surface area contributed by atoms with Gasteiger partial charge < -0.3 is 5.32 Å². The first kappa shape index (κ1) is 10.7. The number of hydrogen-bond acceptors (Lipinski definition) is 2. The number of anilines is 1. The molecule has 1 aromatic heterocycles. The molecule has 0 spiro atoms. The van der Waals surface area contributed by atoms with Crippen LogP contribution in [0.4, 0.5) is 5.69 Å². The highest BCUT2D eigenvalue weighted by Gasteiger charge is 2.06. The van der Waals surface area contributed by atoms with E-state index in [4.69, 9.17) is 11.6 Å². The number of halogens is 1. The maximum atomic E-state index is 11.7. The summed E-state index contributed by atoms with van der Waals surface area (Å²) in [5, 5.41) is 7.30. The van der Waals surface area contributed by atoms with Gasteiger partial charge in [-0.2, -0.15) is 5.10 Å². The Labute approximate surface area is 97.8 Å². The van der Waals surface area contributed by atoms with Gasteiger partial charge in [0.15, 0.2) is 0 Å². The molecule has 1 amide bonds. The number of carbonyl (C=O) groups excluding carboxylic acids is 1. The Hall–Kier alpha value is -1.81. The lowest BCUT2D eigenvalue weighted by Gasteiger charge is -2.01. The fourth-order valence-electron chi connectivity index (χ4n) is 1.29. The molecule has 1 N–H and O–H groups in total. The van der Waals surface area contributed by atoms with E-state index in [1.54, 1.807) is 48.4 Å². The van der Waals surface area contributed by atoms with E-state index in [0.29, 0.717) is 16.3 Å². The molecule has 2 aromatic rings. The largest absolute Gasteiger partial charge is 0.319 e. The summed E-state index contributed by atoms with van der Waals surface area (Å²) in [5.74, 6) is -0.176. The molecule has 0 unspecified atom stereocenters. The molecule has 2 rings (SSSR count). The van der Waals surface area contributed by atoms with E-state index in [-0.39, 0.29) is 5.91 Å². The maximum absolute atomic E-state index is 11.7. The molecule has 5 heteroatoms. The van der Waals surface area contributed by atoms with Crippen LogP contribution in [0.1, 0.15) is 10.4 Å². The standard InChI is InChI=1S/C11H10ClN3O/c1-15-7-10(6-13-15)14-11(16)8-2-4-9(12)5-3-8/h2-7H,1H3,(H,14,16). The third kappa shape index (κ3) is 2.41. The van der Waals surface area contributed by atoms with Gasteiger partial charge in [0, 0.05) is 23.8 Å². The molecule has 1 heterocycles. The van der Waals surface area contributed by atoms with E-state index in [9.17, 15) is 4.79 Å². The Kier molecular flexibility index (Phi) is 2.92. The van der Waals surface area contributed by atoms with Gasteiger partial charge in [-0.15, -0.1) is 0 Å². The Morgan fingerprint density at radius 2 is 2.06 bits per heavy atom. The number of benzene rings is 1. The third-order valence-corrected chi connectivity index (χ3v) is 2.32. The van der Waals surface area contributed by atoms with Crippen molar-refractivity contribution in [2.45, 2.75) is 0 Å². The lowest BCUT2D eigenvalue weighted by Crippen LogP contribution is -2.11. The average Bonchev–Trinajstić information content (AvgIpc) is 2.65. The minimum Gasteiger partial charge on any atom is -0.319 e. The first-order chi connectivity index (χ1) is 7.65. The Balaban J connectivity index is 2.11. The van der Waals surface area contributed by atoms with Crippen LogP contribution in [0.15, 0.2) is 36.7 Å². The van der Waals surface area contributed by atoms with Crippen molar-refractivity contribution >= 4 is 23.2 Å². The summed E-state index contributed by atoms with van der Waals surface area (Å²) in [4.78, 5) is 11.7. The highest BCUT2D eigenvalue weighted by molar-refractivity contribution is 6.30. The molecule has 82 valence electrons. The highest BCUT2D eigenvalue weighted by atomic mass is 35.5. The summed E-state index contributed by atoms with van der Waals surface area (Å²) in [6, 6.07) is 6.71. The van der Waals surface area contributed by atoms with E-state index in [2.05, 4.69) is 10.4 Å². The molecular weight excluding hydrogens is 226 g/mol. The van der Waals surface area contributed by atoms with Crippen molar-refractivity contribution in [2.75, 3.05) is 5.32 Å². The van der Waals surface area contributed by atoms with Crippen molar-refractivity contribution in [3.05, 3.63) is 47.2 Å². The molecule has 0 saturated heterocycles. The molecule has 0 aliphatic heterocycles. The smallest absolute Gasteiger partial charge is 0.255 e. The van der Waals surface area contributed by atoms with Crippen molar-refractivity contribution in [2.24, 2.45) is 7.05 Å². The first-order valence-corrected chi connectivity index (χ1v) is 5.08. The number of hydrogen-bond donors (Lipinski definition) is 1. The van der Waals surface area contributed by atoms with Crippen molar-refractivity contribution < 1.29 is 4.79 Å². The Bertz CT molecular complexity index is 504. The summed E-state index contributed by atoms with van der Waals surface area (Å²) in [6.07, 6.45) is 3.32. The Morgan fingerprint density at radius 1 is 1.38 bits per heavy atom. The molecule has 0 fully saturated rings. The van der Waals surface area contributed by atoms with Gasteiger partial charge in [0.2, 0.25) is 0 Å². The van der Waals surface area contributed by atoms with E-state index in [1.165, 1.54) is 0 Å². The number of aryl methyl sites for hydroxylation is 1. The number of carbonyl (C=O) groups is 1. The topological polar surface area (TPSA) is 46.9 Å². The van der Waals surface area contributed by atoms with Crippen LogP contribution in [0.3, 0.4) is 0 Å². The quantitative estimate of drug-likeness (QED) is 0.869. The number of rotatable bonds is 2. The van der Waals surface area contributed by atoms with Crippen LogP contribution in [-0.2, 0) is 7.05 Å². The zero-order valence-corrected chi connectivity index (χ0v) is 9.40. The second-order valence-corrected chi connectivity index (χ2v) is 3.80. The van der Waals surface area contributed by atoms with Crippen molar-refractivity contribution in [3.63, 3.8) is 0 Å². The summed E-state index contributed by atoms with van der Waals surface area (Å²) in [6.45, 7) is 0. The van der Waals surface area contributed by atoms with Crippen LogP contribution in [0.25, 0.3) is 0 Å². The van der Waals surface area contributed by atoms with Crippen LogP contribution >= 0.6 is 11.6 Å². The van der Waals surface area contributed by atoms with Gasteiger partial charge in [0.25, 0.3) is 5.91 Å². The van der Waals surface area contributed by atoms with Crippen molar-refractivity contribution in [1.82, 2.24) is 9.78 Å². The van der Waals surface area contributed by atoms with Gasteiger partial charge in [0.1, 0.15) is 0 Å². The zero-order chi connectivity index (χ0) is 11.5. The molecule has 0 bridgehead atoms. The van der Waals surface area contributed by atoms with Crippen LogP contribution in [0, 0.1) is 0 Å². The monoisotopic (exact) mass is 235 g/mol. The van der Waals surface area contributed by atoms with E-state index >= 15 is 0 Å². The molecule has 0 radical (unpaired) electrons. The fraction of sp³-hybridized carbons (Fsp3) is 0.0909.